The Hall–Kier alpha value is -1.80. The molecule has 0 aliphatic heterocycles. The fourth-order valence-corrected chi connectivity index (χ4v) is 2.28. The molecule has 0 aromatic heterocycles. The van der Waals surface area contributed by atoms with Crippen LogP contribution in [0.4, 0.5) is 18.9 Å². The first-order valence-corrected chi connectivity index (χ1v) is 7.96. The summed E-state index contributed by atoms with van der Waals surface area (Å²) in [6.07, 6.45) is -4.59. The van der Waals surface area contributed by atoms with Gasteiger partial charge >= 0.3 is 6.18 Å². The van der Waals surface area contributed by atoms with E-state index in [2.05, 4.69) is 5.32 Å². The summed E-state index contributed by atoms with van der Waals surface area (Å²) in [5.41, 5.74) is -0.973. The molecular formula is C16H21ClF3N3O2. The van der Waals surface area contributed by atoms with Crippen molar-refractivity contribution in [1.82, 2.24) is 10.2 Å². The number of halogens is 4. The molecule has 0 heterocycles. The molecule has 0 bridgehead atoms. The first-order chi connectivity index (χ1) is 11.5. The predicted molar refractivity (Wildman–Crippen MR) is 90.7 cm³/mol. The Bertz CT molecular complexity index is 621. The van der Waals surface area contributed by atoms with Gasteiger partial charge in [0.25, 0.3) is 0 Å². The number of nitrogens with zero attached hydrogens (tertiary/aromatic N) is 2. The van der Waals surface area contributed by atoms with Crippen LogP contribution in [-0.2, 0) is 15.8 Å². The van der Waals surface area contributed by atoms with Crippen LogP contribution in [0.15, 0.2) is 18.2 Å². The summed E-state index contributed by atoms with van der Waals surface area (Å²) < 4.78 is 38.6. The molecule has 5 nitrogen and oxygen atoms in total. The van der Waals surface area contributed by atoms with Crippen LogP contribution in [0, 0.1) is 0 Å². The SMILES string of the molecule is CC(=O)N(CCC(=O)NCCN(C)C)c1cc(C(F)(F)F)ccc1Cl. The van der Waals surface area contributed by atoms with E-state index in [1.807, 2.05) is 19.0 Å². The summed E-state index contributed by atoms with van der Waals surface area (Å²) in [4.78, 5) is 26.6. The zero-order valence-electron chi connectivity index (χ0n) is 14.3. The normalized spacial score (nSPS) is 11.5. The van der Waals surface area contributed by atoms with Gasteiger partial charge in [-0.2, -0.15) is 13.2 Å². The molecule has 0 unspecified atom stereocenters. The molecule has 0 aliphatic rings. The highest BCUT2D eigenvalue weighted by atomic mass is 35.5. The second-order valence-electron chi connectivity index (χ2n) is 5.74. The second kappa shape index (κ2) is 9.05. The minimum atomic E-state index is -4.55. The van der Waals surface area contributed by atoms with Gasteiger partial charge in [0.2, 0.25) is 11.8 Å². The quantitative estimate of drug-likeness (QED) is 0.792. The molecule has 1 rings (SSSR count). The van der Waals surface area contributed by atoms with Crippen LogP contribution in [0.3, 0.4) is 0 Å². The minimum absolute atomic E-state index is 0.0104. The van der Waals surface area contributed by atoms with Crippen LogP contribution in [0.25, 0.3) is 0 Å². The van der Waals surface area contributed by atoms with Gasteiger partial charge in [0.05, 0.1) is 16.3 Å². The highest BCUT2D eigenvalue weighted by Gasteiger charge is 2.32. The van der Waals surface area contributed by atoms with Crippen molar-refractivity contribution in [3.63, 3.8) is 0 Å². The number of rotatable bonds is 7. The van der Waals surface area contributed by atoms with Crippen molar-refractivity contribution in [2.45, 2.75) is 19.5 Å². The van der Waals surface area contributed by atoms with E-state index >= 15 is 0 Å². The lowest BCUT2D eigenvalue weighted by Gasteiger charge is -2.23. The number of carbonyl (C=O) groups is 2. The molecule has 2 amide bonds. The van der Waals surface area contributed by atoms with Gasteiger partial charge in [-0.05, 0) is 32.3 Å². The highest BCUT2D eigenvalue weighted by Crippen LogP contribution is 2.35. The molecule has 1 aromatic rings. The molecule has 0 saturated heterocycles. The number of hydrogen-bond donors (Lipinski definition) is 1. The number of anilines is 1. The van der Waals surface area contributed by atoms with Crippen molar-refractivity contribution in [2.75, 3.05) is 38.6 Å². The Morgan fingerprint density at radius 1 is 1.20 bits per heavy atom. The molecule has 140 valence electrons. The minimum Gasteiger partial charge on any atom is -0.355 e. The maximum Gasteiger partial charge on any atom is 0.416 e. The maximum absolute atomic E-state index is 12.9. The van der Waals surface area contributed by atoms with Gasteiger partial charge in [0.1, 0.15) is 0 Å². The molecule has 1 aromatic carbocycles. The highest BCUT2D eigenvalue weighted by molar-refractivity contribution is 6.33. The fourth-order valence-electron chi connectivity index (χ4n) is 2.06. The molecule has 0 fully saturated rings. The monoisotopic (exact) mass is 379 g/mol. The summed E-state index contributed by atoms with van der Waals surface area (Å²) in [7, 11) is 3.72. The van der Waals surface area contributed by atoms with Crippen molar-refractivity contribution >= 4 is 29.1 Å². The van der Waals surface area contributed by atoms with Gasteiger partial charge in [0, 0.05) is 33.0 Å². The Morgan fingerprint density at radius 2 is 1.84 bits per heavy atom. The van der Waals surface area contributed by atoms with E-state index in [1.165, 1.54) is 6.92 Å². The number of carbonyl (C=O) groups excluding carboxylic acids is 2. The van der Waals surface area contributed by atoms with Crippen LogP contribution >= 0.6 is 11.6 Å². The lowest BCUT2D eigenvalue weighted by Crippen LogP contribution is -2.36. The van der Waals surface area contributed by atoms with Gasteiger partial charge < -0.3 is 15.1 Å². The number of benzene rings is 1. The van der Waals surface area contributed by atoms with E-state index in [0.717, 1.165) is 23.1 Å². The first kappa shape index (κ1) is 21.2. The molecule has 1 N–H and O–H groups in total. The van der Waals surface area contributed by atoms with E-state index in [4.69, 9.17) is 11.6 Å². The maximum atomic E-state index is 12.9. The van der Waals surface area contributed by atoms with E-state index in [0.29, 0.717) is 13.1 Å². The number of amides is 2. The van der Waals surface area contributed by atoms with Gasteiger partial charge in [-0.15, -0.1) is 0 Å². The van der Waals surface area contributed by atoms with Crippen LogP contribution < -0.4 is 10.2 Å². The van der Waals surface area contributed by atoms with Crippen molar-refractivity contribution in [3.8, 4) is 0 Å². The molecule has 0 atom stereocenters. The zero-order chi connectivity index (χ0) is 19.2. The first-order valence-electron chi connectivity index (χ1n) is 7.58. The topological polar surface area (TPSA) is 52.7 Å². The van der Waals surface area contributed by atoms with E-state index < -0.39 is 17.6 Å². The van der Waals surface area contributed by atoms with Gasteiger partial charge in [-0.25, -0.2) is 0 Å². The average Bonchev–Trinajstić information content (AvgIpc) is 2.47. The Kier molecular flexibility index (Phi) is 7.69. The summed E-state index contributed by atoms with van der Waals surface area (Å²) >= 11 is 5.95. The molecule has 25 heavy (non-hydrogen) atoms. The molecule has 0 saturated carbocycles. The van der Waals surface area contributed by atoms with E-state index in [-0.39, 0.29) is 29.6 Å². The Morgan fingerprint density at radius 3 is 2.36 bits per heavy atom. The summed E-state index contributed by atoms with van der Waals surface area (Å²) in [6.45, 7) is 2.24. The Labute approximate surface area is 149 Å². The second-order valence-corrected chi connectivity index (χ2v) is 6.15. The fraction of sp³-hybridized carbons (Fsp3) is 0.500. The van der Waals surface area contributed by atoms with Crippen molar-refractivity contribution in [3.05, 3.63) is 28.8 Å². The zero-order valence-corrected chi connectivity index (χ0v) is 15.0. The number of alkyl halides is 3. The van der Waals surface area contributed by atoms with Crippen LogP contribution in [0.1, 0.15) is 18.9 Å². The van der Waals surface area contributed by atoms with Crippen LogP contribution in [0.2, 0.25) is 5.02 Å². The third-order valence-corrected chi connectivity index (χ3v) is 3.71. The lowest BCUT2D eigenvalue weighted by atomic mass is 10.1. The van der Waals surface area contributed by atoms with Crippen LogP contribution in [0.5, 0.6) is 0 Å². The number of nitrogens with one attached hydrogen (secondary N) is 1. The molecule has 0 aliphatic carbocycles. The standard InChI is InChI=1S/C16H21ClF3N3O2/c1-11(24)23(8-6-15(25)21-7-9-22(2)3)14-10-12(16(18,19)20)4-5-13(14)17/h4-5,10H,6-9H2,1-3H3,(H,21,25). The molecule has 0 radical (unpaired) electrons. The third kappa shape index (κ3) is 6.91. The van der Waals surface area contributed by atoms with Crippen molar-refractivity contribution in [1.29, 1.82) is 0 Å². The van der Waals surface area contributed by atoms with Gasteiger partial charge in [-0.3, -0.25) is 9.59 Å². The third-order valence-electron chi connectivity index (χ3n) is 3.39. The van der Waals surface area contributed by atoms with Gasteiger partial charge in [0.15, 0.2) is 0 Å². The smallest absolute Gasteiger partial charge is 0.355 e. The summed E-state index contributed by atoms with van der Waals surface area (Å²) in [6, 6.07) is 2.75. The number of hydrogen-bond acceptors (Lipinski definition) is 3. The Balaban J connectivity index is 2.84. The predicted octanol–water partition coefficient (Wildman–Crippen LogP) is 2.78. The molecule has 0 spiro atoms. The average molecular weight is 380 g/mol. The molecular weight excluding hydrogens is 359 g/mol. The van der Waals surface area contributed by atoms with Crippen molar-refractivity contribution < 1.29 is 22.8 Å². The van der Waals surface area contributed by atoms with Crippen LogP contribution in [-0.4, -0.2) is 50.4 Å². The molecule has 9 heteroatoms. The van der Waals surface area contributed by atoms with E-state index in [1.54, 1.807) is 0 Å². The largest absolute Gasteiger partial charge is 0.416 e. The van der Waals surface area contributed by atoms with Crippen molar-refractivity contribution in [2.24, 2.45) is 0 Å². The summed E-state index contributed by atoms with van der Waals surface area (Å²) in [5, 5.41) is 2.69. The lowest BCUT2D eigenvalue weighted by molar-refractivity contribution is -0.137. The van der Waals surface area contributed by atoms with E-state index in [9.17, 15) is 22.8 Å². The summed E-state index contributed by atoms with van der Waals surface area (Å²) in [5.74, 6) is -0.793. The van der Waals surface area contributed by atoms with Gasteiger partial charge in [-0.1, -0.05) is 11.6 Å². The number of likely N-dealkylation sites (N-methyl/N-ethyl adjacent to an activating group) is 1.